The van der Waals surface area contributed by atoms with E-state index in [1.54, 1.807) is 0 Å². The van der Waals surface area contributed by atoms with Gasteiger partial charge in [-0.05, 0) is 26.2 Å². The fourth-order valence-corrected chi connectivity index (χ4v) is 2.41. The monoisotopic (exact) mass is 252 g/mol. The van der Waals surface area contributed by atoms with Crippen LogP contribution in [0.2, 0.25) is 0 Å². The molecule has 2 unspecified atom stereocenters. The number of aryl methyl sites for hydroxylation is 1. The van der Waals surface area contributed by atoms with Crippen molar-refractivity contribution in [2.75, 3.05) is 17.7 Å². The van der Waals surface area contributed by atoms with Gasteiger partial charge in [-0.3, -0.25) is 4.68 Å². The summed E-state index contributed by atoms with van der Waals surface area (Å²) in [5, 5.41) is 8.03. The molecule has 0 bridgehead atoms. The zero-order chi connectivity index (χ0) is 13.5. The molecule has 1 aliphatic rings. The molecule has 18 heavy (non-hydrogen) atoms. The Morgan fingerprint density at radius 1 is 1.56 bits per heavy atom. The molecule has 5 heteroatoms. The Hall–Kier alpha value is -1.23. The van der Waals surface area contributed by atoms with Crippen LogP contribution in [-0.4, -0.2) is 28.0 Å². The lowest BCUT2D eigenvalue weighted by Gasteiger charge is -2.30. The molecule has 0 amide bonds. The summed E-state index contributed by atoms with van der Waals surface area (Å²) in [5.74, 6) is 1.23. The average molecular weight is 252 g/mol. The van der Waals surface area contributed by atoms with Crippen molar-refractivity contribution in [1.82, 2.24) is 9.78 Å². The number of rotatable bonds is 3. The van der Waals surface area contributed by atoms with E-state index in [-0.39, 0.29) is 11.6 Å². The highest BCUT2D eigenvalue weighted by Crippen LogP contribution is 2.34. The normalized spacial score (nSPS) is 28.0. The molecule has 0 aliphatic carbocycles. The second-order valence-corrected chi connectivity index (χ2v) is 5.73. The van der Waals surface area contributed by atoms with Crippen molar-refractivity contribution in [2.45, 2.75) is 51.7 Å². The fourth-order valence-electron chi connectivity index (χ4n) is 2.41. The van der Waals surface area contributed by atoms with Crippen LogP contribution in [0.5, 0.6) is 0 Å². The minimum Gasteiger partial charge on any atom is -0.394 e. The lowest BCUT2D eigenvalue weighted by molar-refractivity contribution is 0.105. The molecule has 2 heterocycles. The molecule has 0 radical (unpaired) electrons. The van der Waals surface area contributed by atoms with Gasteiger partial charge in [0.25, 0.3) is 0 Å². The van der Waals surface area contributed by atoms with E-state index in [0.29, 0.717) is 5.92 Å². The van der Waals surface area contributed by atoms with Crippen molar-refractivity contribution in [2.24, 2.45) is 7.05 Å². The molecule has 0 spiro atoms. The number of hydrogen-bond donors (Lipinski definition) is 2. The van der Waals surface area contributed by atoms with E-state index < -0.39 is 0 Å². The predicted octanol–water partition coefficient (Wildman–Crippen LogP) is 2.11. The molecule has 0 saturated carbocycles. The summed E-state index contributed by atoms with van der Waals surface area (Å²) in [6, 6.07) is 0. The second-order valence-electron chi connectivity index (χ2n) is 5.73. The highest BCUT2D eigenvalue weighted by atomic mass is 16.5. The molecule has 1 saturated heterocycles. The number of ether oxygens (including phenoxy) is 1. The third-order valence-corrected chi connectivity index (χ3v) is 3.95. The number of nitrogens with two attached hydrogens (primary N) is 1. The first-order valence-corrected chi connectivity index (χ1v) is 6.57. The molecule has 102 valence electrons. The van der Waals surface area contributed by atoms with E-state index in [2.05, 4.69) is 38.1 Å². The summed E-state index contributed by atoms with van der Waals surface area (Å²) in [4.78, 5) is 0. The van der Waals surface area contributed by atoms with E-state index in [1.165, 1.54) is 0 Å². The Kier molecular flexibility index (Phi) is 3.27. The predicted molar refractivity (Wildman–Crippen MR) is 73.8 cm³/mol. The van der Waals surface area contributed by atoms with Gasteiger partial charge in [0.1, 0.15) is 5.82 Å². The smallest absolute Gasteiger partial charge is 0.148 e. The van der Waals surface area contributed by atoms with Crippen LogP contribution in [-0.2, 0) is 11.8 Å². The van der Waals surface area contributed by atoms with E-state index in [4.69, 9.17) is 10.5 Å². The van der Waals surface area contributed by atoms with Gasteiger partial charge in [0, 0.05) is 13.7 Å². The van der Waals surface area contributed by atoms with E-state index in [9.17, 15) is 0 Å². The van der Waals surface area contributed by atoms with E-state index in [1.807, 2.05) is 11.7 Å². The third kappa shape index (κ3) is 2.07. The van der Waals surface area contributed by atoms with Crippen LogP contribution in [0.1, 0.15) is 45.7 Å². The van der Waals surface area contributed by atoms with Gasteiger partial charge in [0.15, 0.2) is 0 Å². The zero-order valence-corrected chi connectivity index (χ0v) is 11.9. The summed E-state index contributed by atoms with van der Waals surface area (Å²) in [7, 11) is 1.93. The molecule has 1 fully saturated rings. The third-order valence-electron chi connectivity index (χ3n) is 3.95. The minimum absolute atomic E-state index is 0.0733. The number of hydrogen-bond acceptors (Lipinski definition) is 4. The Labute approximate surface area is 109 Å². The number of nitrogen functional groups attached to an aromatic ring is 1. The maximum absolute atomic E-state index is 6.20. The number of aromatic nitrogens is 2. The molecule has 5 nitrogen and oxygen atoms in total. The molecular formula is C13H24N4O. The summed E-state index contributed by atoms with van der Waals surface area (Å²) in [5.41, 5.74) is 7.84. The fraction of sp³-hybridized carbons (Fsp3) is 0.769. The highest BCUT2D eigenvalue weighted by Gasteiger charge is 2.38. The first-order chi connectivity index (χ1) is 8.35. The Balaban J connectivity index is 2.29. The second kappa shape index (κ2) is 4.46. The van der Waals surface area contributed by atoms with Crippen molar-refractivity contribution in [1.29, 1.82) is 0 Å². The van der Waals surface area contributed by atoms with Gasteiger partial charge < -0.3 is 15.8 Å². The SMILES string of the molecule is CC(C)c1nn(C)c(NC2(C)CCOC2C)c1N. The number of anilines is 2. The molecule has 1 aromatic rings. The summed E-state index contributed by atoms with van der Waals surface area (Å²) in [6.45, 7) is 9.26. The zero-order valence-electron chi connectivity index (χ0n) is 11.9. The highest BCUT2D eigenvalue weighted by molar-refractivity contribution is 5.66. The van der Waals surface area contributed by atoms with Gasteiger partial charge in [-0.15, -0.1) is 0 Å². The van der Waals surface area contributed by atoms with Gasteiger partial charge in [-0.25, -0.2) is 0 Å². The molecule has 1 aliphatic heterocycles. The topological polar surface area (TPSA) is 65.1 Å². The Morgan fingerprint density at radius 3 is 2.67 bits per heavy atom. The van der Waals surface area contributed by atoms with Gasteiger partial charge in [-0.2, -0.15) is 5.10 Å². The summed E-state index contributed by atoms with van der Waals surface area (Å²) in [6.07, 6.45) is 1.16. The van der Waals surface area contributed by atoms with Gasteiger partial charge in [0.2, 0.25) is 0 Å². The largest absolute Gasteiger partial charge is 0.394 e. The maximum atomic E-state index is 6.20. The average Bonchev–Trinajstić information content (AvgIpc) is 2.74. The van der Waals surface area contributed by atoms with Crippen LogP contribution in [0.15, 0.2) is 0 Å². The van der Waals surface area contributed by atoms with Crippen molar-refractivity contribution in [3.63, 3.8) is 0 Å². The lowest BCUT2D eigenvalue weighted by Crippen LogP contribution is -2.42. The minimum atomic E-state index is -0.0733. The van der Waals surface area contributed by atoms with E-state index in [0.717, 1.165) is 30.2 Å². The van der Waals surface area contributed by atoms with Gasteiger partial charge in [0.05, 0.1) is 23.0 Å². The van der Waals surface area contributed by atoms with Crippen molar-refractivity contribution in [3.05, 3.63) is 5.69 Å². The van der Waals surface area contributed by atoms with E-state index >= 15 is 0 Å². The standard InChI is InChI=1S/C13H24N4O/c1-8(2)11-10(14)12(17(5)16-11)15-13(4)6-7-18-9(13)3/h8-9,15H,6-7,14H2,1-5H3. The van der Waals surface area contributed by atoms with Crippen molar-refractivity contribution < 1.29 is 4.74 Å². The lowest BCUT2D eigenvalue weighted by atomic mass is 9.94. The summed E-state index contributed by atoms with van der Waals surface area (Å²) < 4.78 is 7.48. The first-order valence-electron chi connectivity index (χ1n) is 6.57. The summed E-state index contributed by atoms with van der Waals surface area (Å²) >= 11 is 0. The molecular weight excluding hydrogens is 228 g/mol. The van der Waals surface area contributed by atoms with Crippen LogP contribution in [0.4, 0.5) is 11.5 Å². The Bertz CT molecular complexity index is 440. The first kappa shape index (κ1) is 13.2. The van der Waals surface area contributed by atoms with Crippen molar-refractivity contribution >= 4 is 11.5 Å². The Morgan fingerprint density at radius 2 is 2.22 bits per heavy atom. The van der Waals surface area contributed by atoms with Crippen LogP contribution < -0.4 is 11.1 Å². The van der Waals surface area contributed by atoms with Crippen LogP contribution in [0.3, 0.4) is 0 Å². The van der Waals surface area contributed by atoms with Crippen LogP contribution in [0, 0.1) is 0 Å². The van der Waals surface area contributed by atoms with Gasteiger partial charge in [-0.1, -0.05) is 13.8 Å². The molecule has 3 N–H and O–H groups in total. The molecule has 2 rings (SSSR count). The van der Waals surface area contributed by atoms with Crippen molar-refractivity contribution in [3.8, 4) is 0 Å². The molecule has 2 atom stereocenters. The number of nitrogens with one attached hydrogen (secondary N) is 1. The van der Waals surface area contributed by atoms with Crippen LogP contribution >= 0.6 is 0 Å². The van der Waals surface area contributed by atoms with Crippen LogP contribution in [0.25, 0.3) is 0 Å². The van der Waals surface area contributed by atoms with Gasteiger partial charge >= 0.3 is 0 Å². The number of nitrogens with zero attached hydrogens (tertiary/aromatic N) is 2. The quantitative estimate of drug-likeness (QED) is 0.864. The molecule has 1 aromatic heterocycles. The maximum Gasteiger partial charge on any atom is 0.148 e. The molecule has 0 aromatic carbocycles.